The molecule has 0 spiro atoms. The molecule has 0 aliphatic rings. The van der Waals surface area contributed by atoms with Gasteiger partial charge in [0.1, 0.15) is 0 Å². The summed E-state index contributed by atoms with van der Waals surface area (Å²) in [6.45, 7) is 0. The van der Waals surface area contributed by atoms with Crippen molar-refractivity contribution < 1.29 is 13.2 Å². The van der Waals surface area contributed by atoms with Crippen LogP contribution in [0.2, 0.25) is 0 Å². The average molecular weight is 272 g/mol. The number of alkyl halides is 3. The normalized spacial score (nSPS) is 11.3. The van der Waals surface area contributed by atoms with Crippen LogP contribution >= 0.6 is 12.2 Å². The lowest BCUT2D eigenvalue weighted by atomic mass is 10.2. The molecular formula is C10H7F3N4S. The van der Waals surface area contributed by atoms with Gasteiger partial charge in [-0.15, -0.1) is 0 Å². The highest BCUT2D eigenvalue weighted by atomic mass is 32.1. The number of H-pyrrole nitrogens is 1. The number of hydrogen-bond donors (Lipinski definition) is 2. The van der Waals surface area contributed by atoms with Crippen molar-refractivity contribution in [1.29, 1.82) is 0 Å². The van der Waals surface area contributed by atoms with Crippen LogP contribution < -0.4 is 5.32 Å². The molecule has 1 heterocycles. The Morgan fingerprint density at radius 3 is 2.72 bits per heavy atom. The highest BCUT2D eigenvalue weighted by Crippen LogP contribution is 2.31. The van der Waals surface area contributed by atoms with Crippen LogP contribution in [0, 0.1) is 4.77 Å². The summed E-state index contributed by atoms with van der Waals surface area (Å²) >= 11 is 4.75. The Morgan fingerprint density at radius 2 is 2.06 bits per heavy atom. The van der Waals surface area contributed by atoms with Crippen molar-refractivity contribution in [3.8, 4) is 0 Å². The van der Waals surface area contributed by atoms with Gasteiger partial charge in [0.2, 0.25) is 4.77 Å². The van der Waals surface area contributed by atoms with Crippen LogP contribution in [0.25, 0.3) is 0 Å². The van der Waals surface area contributed by atoms with Crippen LogP contribution in [0.15, 0.2) is 30.5 Å². The average Bonchev–Trinajstić information content (AvgIpc) is 2.28. The zero-order valence-electron chi connectivity index (χ0n) is 8.82. The molecule has 94 valence electrons. The van der Waals surface area contributed by atoms with Crippen LogP contribution in [0.5, 0.6) is 0 Å². The van der Waals surface area contributed by atoms with Gasteiger partial charge in [-0.25, -0.2) is 0 Å². The van der Waals surface area contributed by atoms with Crippen molar-refractivity contribution >= 4 is 23.7 Å². The number of anilines is 2. The van der Waals surface area contributed by atoms with Crippen LogP contribution in [0.1, 0.15) is 5.56 Å². The van der Waals surface area contributed by atoms with E-state index in [1.54, 1.807) is 0 Å². The molecule has 2 rings (SSSR count). The van der Waals surface area contributed by atoms with Crippen LogP contribution in [-0.4, -0.2) is 15.2 Å². The molecule has 0 aliphatic heterocycles. The van der Waals surface area contributed by atoms with E-state index in [1.165, 1.54) is 18.3 Å². The van der Waals surface area contributed by atoms with E-state index in [-0.39, 0.29) is 16.3 Å². The van der Waals surface area contributed by atoms with E-state index in [4.69, 9.17) is 12.2 Å². The molecule has 2 aromatic rings. The monoisotopic (exact) mass is 272 g/mol. The minimum Gasteiger partial charge on any atom is -0.339 e. The number of halogens is 3. The van der Waals surface area contributed by atoms with Crippen molar-refractivity contribution in [2.24, 2.45) is 0 Å². The molecule has 18 heavy (non-hydrogen) atoms. The molecule has 2 N–H and O–H groups in total. The van der Waals surface area contributed by atoms with E-state index < -0.39 is 11.7 Å². The topological polar surface area (TPSA) is 53.6 Å². The van der Waals surface area contributed by atoms with E-state index in [2.05, 4.69) is 20.5 Å². The molecule has 0 saturated heterocycles. The second-order valence-electron chi connectivity index (χ2n) is 3.38. The van der Waals surface area contributed by atoms with Gasteiger partial charge < -0.3 is 5.32 Å². The second kappa shape index (κ2) is 4.73. The summed E-state index contributed by atoms with van der Waals surface area (Å²) in [5.74, 6) is 0.276. The van der Waals surface area contributed by atoms with Crippen molar-refractivity contribution in [3.63, 3.8) is 0 Å². The Hall–Kier alpha value is -1.96. The molecule has 0 bridgehead atoms. The van der Waals surface area contributed by atoms with E-state index in [0.717, 1.165) is 12.1 Å². The van der Waals surface area contributed by atoms with Crippen molar-refractivity contribution in [3.05, 3.63) is 40.8 Å². The Morgan fingerprint density at radius 1 is 1.28 bits per heavy atom. The van der Waals surface area contributed by atoms with E-state index in [9.17, 15) is 13.2 Å². The Bertz CT molecular complexity index is 608. The lowest BCUT2D eigenvalue weighted by molar-refractivity contribution is -0.137. The van der Waals surface area contributed by atoms with Crippen molar-refractivity contribution in [2.45, 2.75) is 6.18 Å². The summed E-state index contributed by atoms with van der Waals surface area (Å²) in [6.07, 6.45) is -3.05. The molecule has 4 nitrogen and oxygen atoms in total. The number of rotatable bonds is 2. The number of aromatic amines is 1. The number of aromatic nitrogens is 3. The smallest absolute Gasteiger partial charge is 0.339 e. The van der Waals surface area contributed by atoms with E-state index in [1.807, 2.05) is 0 Å². The van der Waals surface area contributed by atoms with Crippen LogP contribution in [0.3, 0.4) is 0 Å². The minimum absolute atomic E-state index is 0.145. The summed E-state index contributed by atoms with van der Waals surface area (Å²) in [5, 5.41) is 8.80. The summed E-state index contributed by atoms with van der Waals surface area (Å²) < 4.78 is 37.6. The quantitative estimate of drug-likeness (QED) is 0.824. The molecule has 0 unspecified atom stereocenters. The predicted molar refractivity (Wildman–Crippen MR) is 61.9 cm³/mol. The van der Waals surface area contributed by atoms with Gasteiger partial charge in [-0.2, -0.15) is 23.3 Å². The maximum absolute atomic E-state index is 12.5. The van der Waals surface area contributed by atoms with Gasteiger partial charge in [0.25, 0.3) is 0 Å². The van der Waals surface area contributed by atoms with Crippen LogP contribution in [0.4, 0.5) is 24.7 Å². The first kappa shape index (κ1) is 12.5. The maximum atomic E-state index is 12.5. The van der Waals surface area contributed by atoms with Gasteiger partial charge in [0, 0.05) is 5.69 Å². The molecule has 0 fully saturated rings. The molecule has 0 radical (unpaired) electrons. The summed E-state index contributed by atoms with van der Waals surface area (Å²) in [6, 6.07) is 4.79. The third kappa shape index (κ3) is 3.04. The Labute approximate surface area is 105 Å². The highest BCUT2D eigenvalue weighted by Gasteiger charge is 2.30. The first-order valence-corrected chi connectivity index (χ1v) is 5.22. The van der Waals surface area contributed by atoms with Crippen LogP contribution in [-0.2, 0) is 6.18 Å². The molecule has 0 aliphatic carbocycles. The molecule has 1 aromatic carbocycles. The number of benzene rings is 1. The second-order valence-corrected chi connectivity index (χ2v) is 3.76. The van der Waals surface area contributed by atoms with Gasteiger partial charge in [0.15, 0.2) is 5.82 Å². The third-order valence-corrected chi connectivity index (χ3v) is 2.21. The fraction of sp³-hybridized carbons (Fsp3) is 0.100. The van der Waals surface area contributed by atoms with Gasteiger partial charge in [-0.3, -0.25) is 5.10 Å². The fourth-order valence-corrected chi connectivity index (χ4v) is 1.44. The number of hydrogen-bond acceptors (Lipinski definition) is 4. The van der Waals surface area contributed by atoms with Crippen molar-refractivity contribution in [1.82, 2.24) is 15.2 Å². The minimum atomic E-state index is -4.38. The first-order valence-electron chi connectivity index (χ1n) is 4.81. The molecule has 0 atom stereocenters. The van der Waals surface area contributed by atoms with Gasteiger partial charge in [0.05, 0.1) is 11.8 Å². The van der Waals surface area contributed by atoms with E-state index >= 15 is 0 Å². The fourth-order valence-electron chi connectivity index (χ4n) is 1.29. The van der Waals surface area contributed by atoms with Gasteiger partial charge in [-0.05, 0) is 30.4 Å². The summed E-state index contributed by atoms with van der Waals surface area (Å²) in [7, 11) is 0. The summed E-state index contributed by atoms with van der Waals surface area (Å²) in [4.78, 5) is 3.86. The number of nitrogens with one attached hydrogen (secondary N) is 2. The lowest BCUT2D eigenvalue weighted by Crippen LogP contribution is -2.05. The van der Waals surface area contributed by atoms with E-state index in [0.29, 0.717) is 0 Å². The Kier molecular flexibility index (Phi) is 3.28. The largest absolute Gasteiger partial charge is 0.416 e. The summed E-state index contributed by atoms with van der Waals surface area (Å²) in [5.41, 5.74) is -0.471. The predicted octanol–water partition coefficient (Wildman–Crippen LogP) is 3.30. The molecule has 0 amide bonds. The molecule has 1 aromatic heterocycles. The first-order chi connectivity index (χ1) is 8.45. The highest BCUT2D eigenvalue weighted by molar-refractivity contribution is 7.71. The molecular weight excluding hydrogens is 265 g/mol. The molecule has 8 heteroatoms. The zero-order chi connectivity index (χ0) is 13.2. The zero-order valence-corrected chi connectivity index (χ0v) is 9.64. The standard InChI is InChI=1S/C10H7F3N4S/c11-10(12,13)6-2-1-3-7(4-6)15-8-5-14-17-9(18)16-8/h1-5H,(H2,15,16,17,18). The van der Waals surface area contributed by atoms with Gasteiger partial charge in [-0.1, -0.05) is 6.07 Å². The number of nitrogens with zero attached hydrogens (tertiary/aromatic N) is 2. The maximum Gasteiger partial charge on any atom is 0.416 e. The third-order valence-electron chi connectivity index (χ3n) is 2.03. The lowest BCUT2D eigenvalue weighted by Gasteiger charge is -2.09. The van der Waals surface area contributed by atoms with Crippen molar-refractivity contribution in [2.75, 3.05) is 5.32 Å². The SMILES string of the molecule is FC(F)(F)c1cccc(Nc2cn[nH]c(=S)n2)c1. The Balaban J connectivity index is 2.27. The molecule has 0 saturated carbocycles. The van der Waals surface area contributed by atoms with Gasteiger partial charge >= 0.3 is 6.18 Å².